The number of piperidine rings is 1. The Bertz CT molecular complexity index is 724. The monoisotopic (exact) mass is 378 g/mol. The molecule has 2 aliphatic rings. The number of halogens is 1. The molecule has 2 aromatic rings. The molecule has 8 heteroatoms. The quantitative estimate of drug-likeness (QED) is 0.803. The summed E-state index contributed by atoms with van der Waals surface area (Å²) in [6.45, 7) is 2.02. The Labute approximate surface area is 158 Å². The van der Waals surface area contributed by atoms with E-state index in [1.165, 1.54) is 0 Å². The van der Waals surface area contributed by atoms with Crippen LogP contribution in [-0.4, -0.2) is 29.1 Å². The van der Waals surface area contributed by atoms with Crippen LogP contribution < -0.4 is 15.4 Å². The van der Waals surface area contributed by atoms with Crippen LogP contribution in [0.25, 0.3) is 0 Å². The van der Waals surface area contributed by atoms with Gasteiger partial charge < -0.3 is 19.9 Å². The lowest BCUT2D eigenvalue weighted by molar-refractivity contribution is -0.120. The Kier molecular flexibility index (Phi) is 6.11. The maximum Gasteiger partial charge on any atom is 0.229 e. The fraction of sp³-hybridized carbons (Fsp3) is 0.500. The van der Waals surface area contributed by atoms with Crippen LogP contribution in [0.3, 0.4) is 0 Å². The summed E-state index contributed by atoms with van der Waals surface area (Å²) < 4.78 is 10.9. The summed E-state index contributed by atoms with van der Waals surface area (Å²) in [5.74, 6) is 2.54. The standard InChI is InChI=1S/C18H22N4O3.ClH/c23-17(13-2-1-9-19-10-13)20-14-5-7-15(8-6-14)24-11-16-21-18(25-22-16)12-3-4-12;/h5-8,12-13,19H,1-4,9-11H2,(H,20,23);1H. The molecule has 1 atom stereocenters. The number of nitrogens with one attached hydrogen (secondary N) is 2. The average Bonchev–Trinajstić information content (AvgIpc) is 3.40. The van der Waals surface area contributed by atoms with Crippen molar-refractivity contribution in [2.45, 2.75) is 38.2 Å². The molecule has 7 nitrogen and oxygen atoms in total. The number of aromatic nitrogens is 2. The van der Waals surface area contributed by atoms with Crippen molar-refractivity contribution >= 4 is 24.0 Å². The predicted octanol–water partition coefficient (Wildman–Crippen LogP) is 2.89. The van der Waals surface area contributed by atoms with Gasteiger partial charge >= 0.3 is 0 Å². The van der Waals surface area contributed by atoms with Crippen molar-refractivity contribution < 1.29 is 14.1 Å². The van der Waals surface area contributed by atoms with E-state index < -0.39 is 0 Å². The lowest BCUT2D eigenvalue weighted by Crippen LogP contribution is -2.37. The van der Waals surface area contributed by atoms with Crippen LogP contribution in [0.5, 0.6) is 5.75 Å². The second kappa shape index (κ2) is 8.51. The average molecular weight is 379 g/mol. The number of carbonyl (C=O) groups excluding carboxylic acids is 1. The number of nitrogens with zero attached hydrogens (tertiary/aromatic N) is 2. The number of rotatable bonds is 6. The van der Waals surface area contributed by atoms with Gasteiger partial charge in [-0.05, 0) is 56.5 Å². The third kappa shape index (κ3) is 4.74. The fourth-order valence-electron chi connectivity index (χ4n) is 2.92. The first-order chi connectivity index (χ1) is 12.3. The molecule has 0 bridgehead atoms. The van der Waals surface area contributed by atoms with E-state index in [0.717, 1.165) is 44.5 Å². The van der Waals surface area contributed by atoms with Gasteiger partial charge in [0.1, 0.15) is 5.75 Å². The summed E-state index contributed by atoms with van der Waals surface area (Å²) in [4.78, 5) is 16.5. The molecule has 1 saturated heterocycles. The highest BCUT2D eigenvalue weighted by molar-refractivity contribution is 5.92. The third-order valence-electron chi connectivity index (χ3n) is 4.57. The smallest absolute Gasteiger partial charge is 0.229 e. The van der Waals surface area contributed by atoms with Crippen molar-refractivity contribution in [1.29, 1.82) is 0 Å². The maximum atomic E-state index is 12.2. The number of anilines is 1. The number of hydrogen-bond donors (Lipinski definition) is 2. The molecule has 1 amide bonds. The molecule has 1 aromatic carbocycles. The molecule has 140 valence electrons. The molecule has 1 aliphatic heterocycles. The lowest BCUT2D eigenvalue weighted by atomic mass is 9.99. The van der Waals surface area contributed by atoms with Crippen LogP contribution in [-0.2, 0) is 11.4 Å². The molecule has 2 N–H and O–H groups in total. The summed E-state index contributed by atoms with van der Waals surface area (Å²) in [6.07, 6.45) is 4.25. The van der Waals surface area contributed by atoms with E-state index in [9.17, 15) is 4.79 Å². The number of ether oxygens (including phenoxy) is 1. The van der Waals surface area contributed by atoms with Gasteiger partial charge in [-0.3, -0.25) is 4.79 Å². The topological polar surface area (TPSA) is 89.3 Å². The Morgan fingerprint density at radius 2 is 2.08 bits per heavy atom. The van der Waals surface area contributed by atoms with E-state index in [-0.39, 0.29) is 30.8 Å². The second-order valence-electron chi connectivity index (χ2n) is 6.67. The normalized spacial score (nSPS) is 19.5. The summed E-state index contributed by atoms with van der Waals surface area (Å²) in [5.41, 5.74) is 0.776. The van der Waals surface area contributed by atoms with E-state index in [4.69, 9.17) is 9.26 Å². The Morgan fingerprint density at radius 1 is 1.27 bits per heavy atom. The Hall–Kier alpha value is -2.12. The molecular formula is C18H23ClN4O3. The second-order valence-corrected chi connectivity index (χ2v) is 6.67. The zero-order chi connectivity index (χ0) is 17.1. The van der Waals surface area contributed by atoms with Crippen molar-refractivity contribution in [1.82, 2.24) is 15.5 Å². The number of benzene rings is 1. The van der Waals surface area contributed by atoms with Gasteiger partial charge in [-0.1, -0.05) is 5.16 Å². The SMILES string of the molecule is Cl.O=C(Nc1ccc(OCc2noc(C3CC3)n2)cc1)C1CCCNC1. The summed E-state index contributed by atoms with van der Waals surface area (Å²) in [6, 6.07) is 7.35. The number of carbonyl (C=O) groups is 1. The molecular weight excluding hydrogens is 356 g/mol. The van der Waals surface area contributed by atoms with Gasteiger partial charge in [-0.15, -0.1) is 12.4 Å². The predicted molar refractivity (Wildman–Crippen MR) is 98.5 cm³/mol. The van der Waals surface area contributed by atoms with Crippen molar-refractivity contribution in [3.63, 3.8) is 0 Å². The van der Waals surface area contributed by atoms with E-state index in [1.807, 2.05) is 24.3 Å². The first-order valence-corrected chi connectivity index (χ1v) is 8.85. The zero-order valence-electron chi connectivity index (χ0n) is 14.4. The summed E-state index contributed by atoms with van der Waals surface area (Å²) in [7, 11) is 0. The largest absolute Gasteiger partial charge is 0.485 e. The van der Waals surface area contributed by atoms with Gasteiger partial charge in [0.05, 0.1) is 5.92 Å². The minimum Gasteiger partial charge on any atom is -0.485 e. The molecule has 26 heavy (non-hydrogen) atoms. The highest BCUT2D eigenvalue weighted by Gasteiger charge is 2.29. The molecule has 1 saturated carbocycles. The Balaban J connectivity index is 0.00000196. The van der Waals surface area contributed by atoms with Gasteiger partial charge in [0.2, 0.25) is 17.6 Å². The van der Waals surface area contributed by atoms with Gasteiger partial charge in [-0.25, -0.2) is 0 Å². The van der Waals surface area contributed by atoms with Crippen LogP contribution in [0, 0.1) is 5.92 Å². The van der Waals surface area contributed by atoms with E-state index in [2.05, 4.69) is 20.8 Å². The molecule has 0 spiro atoms. The molecule has 1 aromatic heterocycles. The highest BCUT2D eigenvalue weighted by atomic mass is 35.5. The third-order valence-corrected chi connectivity index (χ3v) is 4.57. The molecule has 1 unspecified atom stereocenters. The van der Waals surface area contributed by atoms with E-state index in [1.54, 1.807) is 0 Å². The number of amides is 1. The first-order valence-electron chi connectivity index (χ1n) is 8.85. The molecule has 2 heterocycles. The van der Waals surface area contributed by atoms with Gasteiger partial charge in [0.25, 0.3) is 0 Å². The molecule has 4 rings (SSSR count). The first kappa shape index (κ1) is 18.7. The van der Waals surface area contributed by atoms with Crippen LogP contribution in [0.15, 0.2) is 28.8 Å². The summed E-state index contributed by atoms with van der Waals surface area (Å²) >= 11 is 0. The highest BCUT2D eigenvalue weighted by Crippen LogP contribution is 2.38. The van der Waals surface area contributed by atoms with Gasteiger partial charge in [-0.2, -0.15) is 4.98 Å². The van der Waals surface area contributed by atoms with Crippen LogP contribution in [0.1, 0.15) is 43.3 Å². The van der Waals surface area contributed by atoms with Crippen LogP contribution >= 0.6 is 12.4 Å². The van der Waals surface area contributed by atoms with Crippen molar-refractivity contribution in [2.24, 2.45) is 5.92 Å². The van der Waals surface area contributed by atoms with Crippen molar-refractivity contribution in [3.8, 4) is 5.75 Å². The molecule has 2 fully saturated rings. The van der Waals surface area contributed by atoms with E-state index in [0.29, 0.717) is 23.4 Å². The van der Waals surface area contributed by atoms with Gasteiger partial charge in [0.15, 0.2) is 6.61 Å². The minimum atomic E-state index is 0. The van der Waals surface area contributed by atoms with Gasteiger partial charge in [0, 0.05) is 18.2 Å². The van der Waals surface area contributed by atoms with Crippen molar-refractivity contribution in [3.05, 3.63) is 36.0 Å². The zero-order valence-corrected chi connectivity index (χ0v) is 15.3. The fourth-order valence-corrected chi connectivity index (χ4v) is 2.92. The lowest BCUT2D eigenvalue weighted by Gasteiger charge is -2.21. The van der Waals surface area contributed by atoms with Crippen LogP contribution in [0.4, 0.5) is 5.69 Å². The maximum absolute atomic E-state index is 12.2. The summed E-state index contributed by atoms with van der Waals surface area (Å²) in [5, 5.41) is 10.1. The van der Waals surface area contributed by atoms with E-state index >= 15 is 0 Å². The van der Waals surface area contributed by atoms with Crippen molar-refractivity contribution in [2.75, 3.05) is 18.4 Å². The molecule has 0 radical (unpaired) electrons. The van der Waals surface area contributed by atoms with Crippen LogP contribution in [0.2, 0.25) is 0 Å². The molecule has 1 aliphatic carbocycles. The number of hydrogen-bond acceptors (Lipinski definition) is 6. The minimum absolute atomic E-state index is 0. The Morgan fingerprint density at radius 3 is 2.77 bits per heavy atom.